The van der Waals surface area contributed by atoms with Crippen LogP contribution in [0.15, 0.2) is 24.3 Å². The average Bonchev–Trinajstić information content (AvgIpc) is 2.48. The molecule has 1 aromatic carbocycles. The third-order valence-electron chi connectivity index (χ3n) is 3.02. The normalized spacial score (nSPS) is 10.7. The van der Waals surface area contributed by atoms with Crippen LogP contribution in [0.5, 0.6) is 5.75 Å². The van der Waals surface area contributed by atoms with Crippen molar-refractivity contribution in [2.45, 2.75) is 20.3 Å². The Morgan fingerprint density at radius 2 is 1.94 bits per heavy atom. The smallest absolute Gasteiger partial charge is 0.119 e. The fourth-order valence-electron chi connectivity index (χ4n) is 1.92. The molecule has 0 aliphatic carbocycles. The number of para-hydroxylation sites is 1. The molecule has 84 valence electrons. The molecule has 0 aliphatic rings. The zero-order chi connectivity index (χ0) is 11.7. The van der Waals surface area contributed by atoms with Crippen molar-refractivity contribution in [2.75, 3.05) is 0 Å². The quantitative estimate of drug-likeness (QED) is 0.836. The van der Waals surface area contributed by atoms with Crippen LogP contribution in [-0.4, -0.2) is 14.9 Å². The van der Waals surface area contributed by atoms with E-state index in [1.54, 1.807) is 6.07 Å². The van der Waals surface area contributed by atoms with Crippen LogP contribution in [0.3, 0.4) is 0 Å². The predicted molar refractivity (Wildman–Crippen MR) is 63.6 cm³/mol. The summed E-state index contributed by atoms with van der Waals surface area (Å²) in [5.74, 6) is 0.352. The largest absolute Gasteiger partial charge is 0.508 e. The molecule has 0 spiro atoms. The monoisotopic (exact) mass is 216 g/mol. The van der Waals surface area contributed by atoms with Gasteiger partial charge in [-0.1, -0.05) is 18.2 Å². The van der Waals surface area contributed by atoms with Gasteiger partial charge in [-0.2, -0.15) is 5.10 Å². The first-order chi connectivity index (χ1) is 7.59. The molecule has 0 saturated heterocycles. The number of aromatic nitrogens is 2. The van der Waals surface area contributed by atoms with Crippen LogP contribution in [0, 0.1) is 13.8 Å². The van der Waals surface area contributed by atoms with Crippen LogP contribution in [0.1, 0.15) is 22.5 Å². The molecule has 0 bridgehead atoms. The van der Waals surface area contributed by atoms with Gasteiger partial charge in [-0.25, -0.2) is 0 Å². The van der Waals surface area contributed by atoms with Crippen LogP contribution in [0.4, 0.5) is 0 Å². The van der Waals surface area contributed by atoms with Gasteiger partial charge in [0.25, 0.3) is 0 Å². The van der Waals surface area contributed by atoms with Crippen LogP contribution < -0.4 is 0 Å². The molecule has 0 saturated carbocycles. The van der Waals surface area contributed by atoms with E-state index in [1.807, 2.05) is 36.9 Å². The minimum atomic E-state index is 0.352. The first-order valence-electron chi connectivity index (χ1n) is 5.35. The second-order valence-corrected chi connectivity index (χ2v) is 4.08. The highest BCUT2D eigenvalue weighted by Crippen LogP contribution is 2.22. The van der Waals surface area contributed by atoms with Gasteiger partial charge in [-0.3, -0.25) is 4.68 Å². The molecule has 1 N–H and O–H groups in total. The van der Waals surface area contributed by atoms with E-state index in [4.69, 9.17) is 0 Å². The Morgan fingerprint density at radius 3 is 2.50 bits per heavy atom. The maximum Gasteiger partial charge on any atom is 0.119 e. The van der Waals surface area contributed by atoms with Gasteiger partial charge in [0, 0.05) is 24.7 Å². The number of rotatable bonds is 2. The highest BCUT2D eigenvalue weighted by Gasteiger charge is 2.11. The van der Waals surface area contributed by atoms with Gasteiger partial charge in [0.1, 0.15) is 5.75 Å². The van der Waals surface area contributed by atoms with Crippen molar-refractivity contribution in [3.63, 3.8) is 0 Å². The molecule has 3 nitrogen and oxygen atoms in total. The van der Waals surface area contributed by atoms with Gasteiger partial charge in [0.05, 0.1) is 5.69 Å². The van der Waals surface area contributed by atoms with E-state index < -0.39 is 0 Å². The van der Waals surface area contributed by atoms with Crippen LogP contribution in [0.2, 0.25) is 0 Å². The van der Waals surface area contributed by atoms with E-state index in [2.05, 4.69) is 12.0 Å². The second-order valence-electron chi connectivity index (χ2n) is 4.08. The number of nitrogens with zero attached hydrogens (tertiary/aromatic N) is 2. The van der Waals surface area contributed by atoms with E-state index in [9.17, 15) is 5.11 Å². The van der Waals surface area contributed by atoms with E-state index in [0.717, 1.165) is 23.4 Å². The SMILES string of the molecule is Cc1nn(C)c(C)c1Cc1ccccc1O. The van der Waals surface area contributed by atoms with Gasteiger partial charge < -0.3 is 5.11 Å². The number of hydrogen-bond acceptors (Lipinski definition) is 2. The molecular formula is C13H16N2O. The fraction of sp³-hybridized carbons (Fsp3) is 0.308. The molecule has 3 heteroatoms. The van der Waals surface area contributed by atoms with E-state index >= 15 is 0 Å². The van der Waals surface area contributed by atoms with Gasteiger partial charge in [0.2, 0.25) is 0 Å². The summed E-state index contributed by atoms with van der Waals surface area (Å²) in [4.78, 5) is 0. The van der Waals surface area contributed by atoms with Crippen molar-refractivity contribution in [3.8, 4) is 5.75 Å². The van der Waals surface area contributed by atoms with E-state index in [0.29, 0.717) is 5.75 Å². The number of phenolic OH excluding ortho intramolecular Hbond substituents is 1. The summed E-state index contributed by atoms with van der Waals surface area (Å²) in [6.45, 7) is 4.05. The molecular weight excluding hydrogens is 200 g/mol. The van der Waals surface area contributed by atoms with Gasteiger partial charge in [0.15, 0.2) is 0 Å². The topological polar surface area (TPSA) is 38.0 Å². The molecule has 0 radical (unpaired) electrons. The van der Waals surface area contributed by atoms with Crippen molar-refractivity contribution >= 4 is 0 Å². The molecule has 2 aromatic rings. The number of phenols is 1. The highest BCUT2D eigenvalue weighted by molar-refractivity contribution is 5.38. The van der Waals surface area contributed by atoms with Crippen LogP contribution in [-0.2, 0) is 13.5 Å². The van der Waals surface area contributed by atoms with Gasteiger partial charge in [-0.05, 0) is 25.5 Å². The summed E-state index contributed by atoms with van der Waals surface area (Å²) in [5, 5.41) is 14.1. The predicted octanol–water partition coefficient (Wildman–Crippen LogP) is 2.33. The summed E-state index contributed by atoms with van der Waals surface area (Å²) in [5.41, 5.74) is 4.33. The maximum atomic E-state index is 9.73. The minimum absolute atomic E-state index is 0.352. The van der Waals surface area contributed by atoms with Gasteiger partial charge in [-0.15, -0.1) is 0 Å². The number of aryl methyl sites for hydroxylation is 2. The van der Waals surface area contributed by atoms with E-state index in [-0.39, 0.29) is 0 Å². The first-order valence-corrected chi connectivity index (χ1v) is 5.35. The third-order valence-corrected chi connectivity index (χ3v) is 3.02. The average molecular weight is 216 g/mol. The first kappa shape index (κ1) is 10.7. The Balaban J connectivity index is 2.38. The summed E-state index contributed by atoms with van der Waals surface area (Å²) < 4.78 is 1.88. The lowest BCUT2D eigenvalue weighted by Crippen LogP contribution is -1.95. The third kappa shape index (κ3) is 1.81. The van der Waals surface area contributed by atoms with Gasteiger partial charge >= 0.3 is 0 Å². The highest BCUT2D eigenvalue weighted by atomic mass is 16.3. The Morgan fingerprint density at radius 1 is 1.25 bits per heavy atom. The standard InChI is InChI=1S/C13H16N2O/c1-9-12(10(2)15(3)14-9)8-11-6-4-5-7-13(11)16/h4-7,16H,8H2,1-3H3. The summed E-state index contributed by atoms with van der Waals surface area (Å²) >= 11 is 0. The molecule has 0 aliphatic heterocycles. The van der Waals surface area contributed by atoms with E-state index in [1.165, 1.54) is 5.56 Å². The lowest BCUT2D eigenvalue weighted by molar-refractivity contribution is 0.469. The number of aromatic hydroxyl groups is 1. The van der Waals surface area contributed by atoms with Crippen molar-refractivity contribution in [3.05, 3.63) is 46.8 Å². The van der Waals surface area contributed by atoms with Crippen molar-refractivity contribution < 1.29 is 5.11 Å². The van der Waals surface area contributed by atoms with Crippen LogP contribution in [0.25, 0.3) is 0 Å². The zero-order valence-electron chi connectivity index (χ0n) is 9.86. The summed E-state index contributed by atoms with van der Waals surface area (Å²) in [6, 6.07) is 7.44. The molecule has 0 unspecified atom stereocenters. The summed E-state index contributed by atoms with van der Waals surface area (Å²) in [7, 11) is 1.94. The Kier molecular flexibility index (Phi) is 2.69. The Labute approximate surface area is 95.3 Å². The lowest BCUT2D eigenvalue weighted by Gasteiger charge is -2.04. The maximum absolute atomic E-state index is 9.73. The summed E-state index contributed by atoms with van der Waals surface area (Å²) in [6.07, 6.45) is 0.734. The second kappa shape index (κ2) is 4.00. The molecule has 0 fully saturated rings. The van der Waals surface area contributed by atoms with Crippen molar-refractivity contribution in [2.24, 2.45) is 7.05 Å². The molecule has 16 heavy (non-hydrogen) atoms. The minimum Gasteiger partial charge on any atom is -0.508 e. The Bertz CT molecular complexity index is 515. The molecule has 1 aromatic heterocycles. The molecule has 1 heterocycles. The molecule has 0 amide bonds. The molecule has 2 rings (SSSR count). The Hall–Kier alpha value is -1.77. The number of hydrogen-bond donors (Lipinski definition) is 1. The van der Waals surface area contributed by atoms with Crippen molar-refractivity contribution in [1.82, 2.24) is 9.78 Å². The van der Waals surface area contributed by atoms with Crippen molar-refractivity contribution in [1.29, 1.82) is 0 Å². The fourth-order valence-corrected chi connectivity index (χ4v) is 1.92. The molecule has 0 atom stereocenters. The lowest BCUT2D eigenvalue weighted by atomic mass is 10.0. The van der Waals surface area contributed by atoms with Crippen LogP contribution >= 0.6 is 0 Å². The zero-order valence-corrected chi connectivity index (χ0v) is 9.86. The number of benzene rings is 1.